The second kappa shape index (κ2) is 5.19. The third-order valence-electron chi connectivity index (χ3n) is 3.04. The molecule has 1 heterocycles. The first kappa shape index (κ1) is 11.9. The van der Waals surface area contributed by atoms with Gasteiger partial charge in [-0.1, -0.05) is 6.07 Å². The molecule has 1 aliphatic rings. The molecule has 0 bridgehead atoms. The van der Waals surface area contributed by atoms with Crippen LogP contribution in [0.2, 0.25) is 0 Å². The maximum atomic E-state index is 11.5. The van der Waals surface area contributed by atoms with E-state index < -0.39 is 0 Å². The minimum Gasteiger partial charge on any atom is -0.493 e. The van der Waals surface area contributed by atoms with Crippen molar-refractivity contribution in [1.82, 2.24) is 5.32 Å². The van der Waals surface area contributed by atoms with Crippen LogP contribution in [0.25, 0.3) is 0 Å². The Morgan fingerprint density at radius 1 is 1.29 bits per heavy atom. The Bertz CT molecular complexity index is 417. The number of hydrogen-bond acceptors (Lipinski definition) is 4. The average molecular weight is 235 g/mol. The second-order valence-corrected chi connectivity index (χ2v) is 4.12. The SMILES string of the molecule is COc1ccc(CC2NCCC2=O)cc1OC. The van der Waals surface area contributed by atoms with Crippen molar-refractivity contribution in [3.63, 3.8) is 0 Å². The summed E-state index contributed by atoms with van der Waals surface area (Å²) < 4.78 is 10.4. The number of rotatable bonds is 4. The summed E-state index contributed by atoms with van der Waals surface area (Å²) in [5.41, 5.74) is 1.08. The van der Waals surface area contributed by atoms with Gasteiger partial charge in [-0.2, -0.15) is 0 Å². The lowest BCUT2D eigenvalue weighted by Gasteiger charge is -2.12. The molecule has 4 nitrogen and oxygen atoms in total. The zero-order valence-electron chi connectivity index (χ0n) is 10.2. The van der Waals surface area contributed by atoms with Crippen molar-refractivity contribution in [2.24, 2.45) is 0 Å². The molecule has 0 aliphatic carbocycles. The number of carbonyl (C=O) groups excluding carboxylic acids is 1. The van der Waals surface area contributed by atoms with Gasteiger partial charge >= 0.3 is 0 Å². The number of hydrogen-bond donors (Lipinski definition) is 1. The predicted octanol–water partition coefficient (Wildman–Crippen LogP) is 1.18. The van der Waals surface area contributed by atoms with E-state index in [0.29, 0.717) is 30.1 Å². The van der Waals surface area contributed by atoms with Crippen molar-refractivity contribution in [2.45, 2.75) is 18.9 Å². The van der Waals surface area contributed by atoms with E-state index in [9.17, 15) is 4.79 Å². The van der Waals surface area contributed by atoms with E-state index in [1.807, 2.05) is 18.2 Å². The largest absolute Gasteiger partial charge is 0.493 e. The summed E-state index contributed by atoms with van der Waals surface area (Å²) in [6, 6.07) is 5.71. The molecule has 4 heteroatoms. The van der Waals surface area contributed by atoms with Gasteiger partial charge in [0.25, 0.3) is 0 Å². The Balaban J connectivity index is 2.13. The first-order chi connectivity index (χ1) is 8.24. The highest BCUT2D eigenvalue weighted by Crippen LogP contribution is 2.28. The van der Waals surface area contributed by atoms with Crippen molar-refractivity contribution in [1.29, 1.82) is 0 Å². The van der Waals surface area contributed by atoms with E-state index in [2.05, 4.69) is 5.32 Å². The van der Waals surface area contributed by atoms with Crippen molar-refractivity contribution < 1.29 is 14.3 Å². The summed E-state index contributed by atoms with van der Waals surface area (Å²) in [5, 5.41) is 3.20. The third kappa shape index (κ3) is 2.58. The van der Waals surface area contributed by atoms with Crippen LogP contribution in [0.3, 0.4) is 0 Å². The highest BCUT2D eigenvalue weighted by atomic mass is 16.5. The Morgan fingerprint density at radius 3 is 2.65 bits per heavy atom. The third-order valence-corrected chi connectivity index (χ3v) is 3.04. The van der Waals surface area contributed by atoms with E-state index in [-0.39, 0.29) is 6.04 Å². The van der Waals surface area contributed by atoms with Crippen molar-refractivity contribution in [2.75, 3.05) is 20.8 Å². The van der Waals surface area contributed by atoms with Gasteiger partial charge in [0, 0.05) is 13.0 Å². The van der Waals surface area contributed by atoms with Gasteiger partial charge in [-0.05, 0) is 24.1 Å². The Hall–Kier alpha value is -1.55. The van der Waals surface area contributed by atoms with Crippen LogP contribution in [0.1, 0.15) is 12.0 Å². The summed E-state index contributed by atoms with van der Waals surface area (Å²) >= 11 is 0. The molecule has 1 aliphatic heterocycles. The number of ether oxygens (including phenoxy) is 2. The molecule has 1 unspecified atom stereocenters. The maximum absolute atomic E-state index is 11.5. The maximum Gasteiger partial charge on any atom is 0.160 e. The summed E-state index contributed by atoms with van der Waals surface area (Å²) in [6.07, 6.45) is 1.34. The molecule has 1 saturated heterocycles. The quantitative estimate of drug-likeness (QED) is 0.851. The van der Waals surface area contributed by atoms with Gasteiger partial charge in [-0.3, -0.25) is 4.79 Å². The molecule has 0 radical (unpaired) electrons. The summed E-state index contributed by atoms with van der Waals surface area (Å²) in [7, 11) is 3.22. The average Bonchev–Trinajstić information content (AvgIpc) is 2.75. The fourth-order valence-electron chi connectivity index (χ4n) is 2.09. The molecule has 0 amide bonds. The number of ketones is 1. The van der Waals surface area contributed by atoms with Gasteiger partial charge in [-0.25, -0.2) is 0 Å². The van der Waals surface area contributed by atoms with Crippen molar-refractivity contribution in [3.05, 3.63) is 23.8 Å². The Morgan fingerprint density at radius 2 is 2.06 bits per heavy atom. The molecule has 1 atom stereocenters. The molecule has 0 saturated carbocycles. The highest BCUT2D eigenvalue weighted by Gasteiger charge is 2.23. The topological polar surface area (TPSA) is 47.6 Å². The van der Waals surface area contributed by atoms with Gasteiger partial charge in [0.1, 0.15) is 0 Å². The van der Waals surface area contributed by atoms with Crippen LogP contribution >= 0.6 is 0 Å². The molecule has 0 spiro atoms. The zero-order valence-corrected chi connectivity index (χ0v) is 10.2. The van der Waals surface area contributed by atoms with E-state index >= 15 is 0 Å². The van der Waals surface area contributed by atoms with Crippen LogP contribution in [0.5, 0.6) is 11.5 Å². The van der Waals surface area contributed by atoms with E-state index in [4.69, 9.17) is 9.47 Å². The van der Waals surface area contributed by atoms with Gasteiger partial charge in [-0.15, -0.1) is 0 Å². The molecule has 2 rings (SSSR count). The lowest BCUT2D eigenvalue weighted by Crippen LogP contribution is -2.29. The highest BCUT2D eigenvalue weighted by molar-refractivity contribution is 5.86. The van der Waals surface area contributed by atoms with Crippen molar-refractivity contribution in [3.8, 4) is 11.5 Å². The Kier molecular flexibility index (Phi) is 3.64. The predicted molar refractivity (Wildman–Crippen MR) is 64.7 cm³/mol. The number of Topliss-reactive ketones (excluding diaryl/α,β-unsaturated/α-hetero) is 1. The number of methoxy groups -OCH3 is 2. The molecule has 1 aromatic rings. The lowest BCUT2D eigenvalue weighted by atomic mass is 10.0. The van der Waals surface area contributed by atoms with E-state index in [1.54, 1.807) is 14.2 Å². The van der Waals surface area contributed by atoms with Crippen LogP contribution in [0.4, 0.5) is 0 Å². The normalized spacial score (nSPS) is 19.4. The number of carbonyl (C=O) groups is 1. The van der Waals surface area contributed by atoms with Crippen LogP contribution in [-0.2, 0) is 11.2 Å². The smallest absolute Gasteiger partial charge is 0.160 e. The molecule has 92 valence electrons. The molecule has 1 N–H and O–H groups in total. The molecular weight excluding hydrogens is 218 g/mol. The van der Waals surface area contributed by atoms with E-state index in [1.165, 1.54) is 0 Å². The first-order valence-electron chi connectivity index (χ1n) is 5.71. The zero-order chi connectivity index (χ0) is 12.3. The molecule has 1 fully saturated rings. The van der Waals surface area contributed by atoms with Gasteiger partial charge < -0.3 is 14.8 Å². The van der Waals surface area contributed by atoms with Crippen LogP contribution < -0.4 is 14.8 Å². The second-order valence-electron chi connectivity index (χ2n) is 4.12. The van der Waals surface area contributed by atoms with Crippen LogP contribution in [-0.4, -0.2) is 32.6 Å². The van der Waals surface area contributed by atoms with Gasteiger partial charge in [0.15, 0.2) is 17.3 Å². The fraction of sp³-hybridized carbons (Fsp3) is 0.462. The number of nitrogens with one attached hydrogen (secondary N) is 1. The molecule has 17 heavy (non-hydrogen) atoms. The summed E-state index contributed by atoms with van der Waals surface area (Å²) in [6.45, 7) is 0.788. The van der Waals surface area contributed by atoms with Crippen molar-refractivity contribution >= 4 is 5.78 Å². The standard InChI is InChI=1S/C13H17NO3/c1-16-12-4-3-9(8-13(12)17-2)7-10-11(15)5-6-14-10/h3-4,8,10,14H,5-7H2,1-2H3. The lowest BCUT2D eigenvalue weighted by molar-refractivity contribution is -0.118. The summed E-state index contributed by atoms with van der Waals surface area (Å²) in [4.78, 5) is 11.5. The summed E-state index contributed by atoms with van der Waals surface area (Å²) in [5.74, 6) is 1.71. The van der Waals surface area contributed by atoms with Gasteiger partial charge in [0.05, 0.1) is 20.3 Å². The van der Waals surface area contributed by atoms with Gasteiger partial charge in [0.2, 0.25) is 0 Å². The number of benzene rings is 1. The van der Waals surface area contributed by atoms with Crippen LogP contribution in [0.15, 0.2) is 18.2 Å². The monoisotopic (exact) mass is 235 g/mol. The van der Waals surface area contributed by atoms with E-state index in [0.717, 1.165) is 12.1 Å². The first-order valence-corrected chi connectivity index (χ1v) is 5.71. The molecule has 0 aromatic heterocycles. The molecule has 1 aromatic carbocycles. The molecular formula is C13H17NO3. The minimum absolute atomic E-state index is 0.0481. The minimum atomic E-state index is -0.0481. The fourth-order valence-corrected chi connectivity index (χ4v) is 2.09. The van der Waals surface area contributed by atoms with Crippen LogP contribution in [0, 0.1) is 0 Å². The Labute approximate surface area is 101 Å².